The van der Waals surface area contributed by atoms with Gasteiger partial charge in [-0.25, -0.2) is 0 Å². The molecule has 66 heavy (non-hydrogen) atoms. The molecule has 0 aromatic rings. The lowest BCUT2D eigenvalue weighted by atomic mass is 10.0. The molecule has 0 aromatic heterocycles. The highest BCUT2D eigenvalue weighted by atomic mass is 16.5. The van der Waals surface area contributed by atoms with E-state index < -0.39 is 18.2 Å². The highest BCUT2D eigenvalue weighted by Gasteiger charge is 2.24. The summed E-state index contributed by atoms with van der Waals surface area (Å²) in [4.78, 5) is 26.3. The molecule has 0 bridgehead atoms. The minimum Gasteiger partial charge on any atom is -0.462 e. The fraction of sp³-hybridized carbons (Fsp3) is 0.867. The molecule has 0 heterocycles. The first-order chi connectivity index (χ1) is 32.5. The fourth-order valence-corrected chi connectivity index (χ4v) is 9.03. The Balaban J connectivity index is 4.51. The van der Waals surface area contributed by atoms with E-state index in [2.05, 4.69) is 62.5 Å². The Hall–Kier alpha value is -1.92. The molecule has 3 atom stereocenters. The second-order valence-electron chi connectivity index (χ2n) is 20.1. The molecular weight excluding hydrogens is 815 g/mol. The third-order valence-electron chi connectivity index (χ3n) is 13.5. The highest BCUT2D eigenvalue weighted by molar-refractivity contribution is 5.77. The first kappa shape index (κ1) is 64.1. The summed E-state index contributed by atoms with van der Waals surface area (Å²) in [7, 11) is 0. The Bertz CT molecular complexity index is 1090. The molecule has 0 aromatic carbocycles. The Morgan fingerprint density at radius 1 is 0.439 bits per heavy atom. The van der Waals surface area contributed by atoms with Gasteiger partial charge in [0.25, 0.3) is 0 Å². The molecule has 388 valence electrons. The number of aliphatic hydroxyl groups is 2. The summed E-state index contributed by atoms with van der Waals surface area (Å²) in [6.07, 6.45) is 64.9. The van der Waals surface area contributed by atoms with Crippen LogP contribution in [-0.4, -0.2) is 46.9 Å². The van der Waals surface area contributed by atoms with Gasteiger partial charge in [0.05, 0.1) is 25.2 Å². The summed E-state index contributed by atoms with van der Waals surface area (Å²) in [5, 5.41) is 23.9. The summed E-state index contributed by atoms with van der Waals surface area (Å²) in [6.45, 7) is 6.49. The Labute approximate surface area is 411 Å². The maximum atomic E-state index is 13.3. The minimum absolute atomic E-state index is 0.0768. The zero-order valence-corrected chi connectivity index (χ0v) is 44.3. The molecule has 0 aliphatic heterocycles. The van der Waals surface area contributed by atoms with Gasteiger partial charge < -0.3 is 20.3 Å². The fourth-order valence-electron chi connectivity index (χ4n) is 9.03. The largest absolute Gasteiger partial charge is 0.462 e. The Kier molecular flexibility index (Phi) is 52.5. The number of hydrogen-bond acceptors (Lipinski definition) is 5. The summed E-state index contributed by atoms with van der Waals surface area (Å²) >= 11 is 0. The molecule has 0 aliphatic rings. The normalized spacial score (nSPS) is 13.3. The van der Waals surface area contributed by atoms with Crippen molar-refractivity contribution < 1.29 is 24.5 Å². The first-order valence-corrected chi connectivity index (χ1v) is 29.2. The van der Waals surface area contributed by atoms with E-state index in [1.54, 1.807) is 0 Å². The molecular formula is C60H113NO5. The second-order valence-corrected chi connectivity index (χ2v) is 20.1. The van der Waals surface area contributed by atoms with Gasteiger partial charge >= 0.3 is 5.97 Å². The Morgan fingerprint density at radius 2 is 0.773 bits per heavy atom. The molecule has 3 unspecified atom stereocenters. The van der Waals surface area contributed by atoms with E-state index in [1.165, 1.54) is 199 Å². The lowest BCUT2D eigenvalue weighted by molar-refractivity contribution is -0.151. The van der Waals surface area contributed by atoms with Gasteiger partial charge in [0.2, 0.25) is 5.91 Å². The van der Waals surface area contributed by atoms with Crippen molar-refractivity contribution >= 4 is 11.9 Å². The van der Waals surface area contributed by atoms with Gasteiger partial charge in [-0.3, -0.25) is 9.59 Å². The average molecular weight is 929 g/mol. The first-order valence-electron chi connectivity index (χ1n) is 29.2. The second kappa shape index (κ2) is 54.0. The van der Waals surface area contributed by atoms with Crippen LogP contribution in [0.3, 0.4) is 0 Å². The van der Waals surface area contributed by atoms with Crippen LogP contribution in [0.25, 0.3) is 0 Å². The maximum Gasteiger partial charge on any atom is 0.306 e. The predicted octanol–water partition coefficient (Wildman–Crippen LogP) is 18.0. The number of aliphatic hydroxyl groups excluding tert-OH is 2. The van der Waals surface area contributed by atoms with Gasteiger partial charge in [-0.05, 0) is 64.2 Å². The third-order valence-corrected chi connectivity index (χ3v) is 13.5. The molecule has 0 aliphatic carbocycles. The molecule has 0 rings (SSSR count). The molecule has 0 saturated heterocycles. The number of carbonyl (C=O) groups is 2. The van der Waals surface area contributed by atoms with Crippen LogP contribution in [0.5, 0.6) is 0 Å². The predicted molar refractivity (Wildman–Crippen MR) is 287 cm³/mol. The van der Waals surface area contributed by atoms with Gasteiger partial charge in [0.15, 0.2) is 0 Å². The highest BCUT2D eigenvalue weighted by Crippen LogP contribution is 2.19. The number of hydrogen-bond donors (Lipinski definition) is 3. The zero-order valence-electron chi connectivity index (χ0n) is 44.3. The number of carbonyl (C=O) groups excluding carboxylic acids is 2. The van der Waals surface area contributed by atoms with Crippen molar-refractivity contribution in [3.63, 3.8) is 0 Å². The van der Waals surface area contributed by atoms with Crippen molar-refractivity contribution in [1.29, 1.82) is 0 Å². The zero-order chi connectivity index (χ0) is 48.1. The molecule has 1 amide bonds. The van der Waals surface area contributed by atoms with Crippen molar-refractivity contribution in [2.24, 2.45) is 0 Å². The van der Waals surface area contributed by atoms with E-state index in [4.69, 9.17) is 4.74 Å². The van der Waals surface area contributed by atoms with E-state index in [0.29, 0.717) is 19.3 Å². The van der Waals surface area contributed by atoms with Gasteiger partial charge in [-0.1, -0.05) is 269 Å². The number of esters is 1. The van der Waals surface area contributed by atoms with Crippen molar-refractivity contribution in [1.82, 2.24) is 5.32 Å². The summed E-state index contributed by atoms with van der Waals surface area (Å²) < 4.78 is 5.96. The van der Waals surface area contributed by atoms with Gasteiger partial charge in [-0.15, -0.1) is 0 Å². The van der Waals surface area contributed by atoms with Crippen LogP contribution in [0, 0.1) is 0 Å². The molecule has 3 N–H and O–H groups in total. The lowest BCUT2D eigenvalue weighted by Gasteiger charge is -2.24. The number of unbranched alkanes of at least 4 members (excludes halogenated alkanes) is 35. The third kappa shape index (κ3) is 48.5. The topological polar surface area (TPSA) is 95.9 Å². The maximum absolute atomic E-state index is 13.3. The van der Waals surface area contributed by atoms with Crippen molar-refractivity contribution in [2.75, 3.05) is 6.61 Å². The molecule has 0 spiro atoms. The van der Waals surface area contributed by atoms with Crippen LogP contribution in [0.2, 0.25) is 0 Å². The van der Waals surface area contributed by atoms with Crippen molar-refractivity contribution in [2.45, 2.75) is 328 Å². The molecule has 6 heteroatoms. The van der Waals surface area contributed by atoms with Crippen LogP contribution in [0.15, 0.2) is 36.5 Å². The van der Waals surface area contributed by atoms with Crippen molar-refractivity contribution in [3.05, 3.63) is 36.5 Å². The summed E-state index contributed by atoms with van der Waals surface area (Å²) in [5.41, 5.74) is 0. The van der Waals surface area contributed by atoms with E-state index in [1.807, 2.05) is 0 Å². The molecule has 6 nitrogen and oxygen atoms in total. The number of amides is 1. The average Bonchev–Trinajstić information content (AvgIpc) is 3.31. The van der Waals surface area contributed by atoms with Gasteiger partial charge in [0, 0.05) is 6.42 Å². The smallest absolute Gasteiger partial charge is 0.306 e. The number of ether oxygens (including phenoxy) is 1. The molecule has 0 radical (unpaired) electrons. The lowest BCUT2D eigenvalue weighted by Crippen LogP contribution is -2.46. The summed E-state index contributed by atoms with van der Waals surface area (Å²) in [5.74, 6) is -0.471. The van der Waals surface area contributed by atoms with E-state index >= 15 is 0 Å². The van der Waals surface area contributed by atoms with Crippen molar-refractivity contribution in [3.8, 4) is 0 Å². The van der Waals surface area contributed by atoms with Crippen LogP contribution in [0.1, 0.15) is 310 Å². The van der Waals surface area contributed by atoms with Crippen LogP contribution in [-0.2, 0) is 14.3 Å². The summed E-state index contributed by atoms with van der Waals surface area (Å²) in [6, 6.07) is -0.701. The van der Waals surface area contributed by atoms with Gasteiger partial charge in [0.1, 0.15) is 6.10 Å². The van der Waals surface area contributed by atoms with E-state index in [-0.39, 0.29) is 24.9 Å². The van der Waals surface area contributed by atoms with Crippen LogP contribution < -0.4 is 5.32 Å². The number of rotatable bonds is 53. The standard InChI is InChI=1S/C60H113NO5/c1-4-7-10-13-16-19-22-25-27-28-29-30-32-35-38-41-44-47-50-53-60(65)66-56(51-48-45-42-39-36-33-24-21-18-15-12-9-6-3)54-59(64)61-57(55-62)58(63)52-49-46-43-40-37-34-31-26-23-20-17-14-11-8-5-2/h16,19,25,27,29-30,56-58,62-63H,4-15,17-18,20-24,26,28,31-55H2,1-3H3,(H,61,64)/b19-16-,27-25-,30-29-. The van der Waals surface area contributed by atoms with Crippen LogP contribution >= 0.6 is 0 Å². The van der Waals surface area contributed by atoms with Crippen LogP contribution in [0.4, 0.5) is 0 Å². The van der Waals surface area contributed by atoms with E-state index in [9.17, 15) is 19.8 Å². The SMILES string of the molecule is CCCCC/C=C\C/C=C\C/C=C\CCCCCCCCC(=O)OC(CCCCCCCCCCCCCCC)CC(=O)NC(CO)C(O)CCCCCCCCCCCCCCCCC. The number of allylic oxidation sites excluding steroid dienone is 6. The van der Waals surface area contributed by atoms with Gasteiger partial charge in [-0.2, -0.15) is 0 Å². The molecule has 0 saturated carbocycles. The van der Waals surface area contributed by atoms with E-state index in [0.717, 1.165) is 64.2 Å². The number of nitrogens with one attached hydrogen (secondary N) is 1. The monoisotopic (exact) mass is 928 g/mol. The molecule has 0 fully saturated rings. The quantitative estimate of drug-likeness (QED) is 0.0321. The Morgan fingerprint density at radius 3 is 1.20 bits per heavy atom. The minimum atomic E-state index is -0.788.